The van der Waals surface area contributed by atoms with Crippen LogP contribution in [0, 0.1) is 5.41 Å². The molecule has 0 amide bonds. The molecule has 0 radical (unpaired) electrons. The minimum atomic E-state index is -0.0550. The molecule has 3 nitrogen and oxygen atoms in total. The Kier molecular flexibility index (Phi) is 4.33. The van der Waals surface area contributed by atoms with Crippen molar-refractivity contribution in [1.82, 2.24) is 0 Å². The third-order valence-corrected chi connectivity index (χ3v) is 2.52. The molecule has 1 atom stereocenters. The van der Waals surface area contributed by atoms with Gasteiger partial charge in [-0.2, -0.15) is 0 Å². The Balaban J connectivity index is 2.94. The van der Waals surface area contributed by atoms with Gasteiger partial charge in [-0.3, -0.25) is 0 Å². The summed E-state index contributed by atoms with van der Waals surface area (Å²) in [5.41, 5.74) is 7.25. The number of ether oxygens (including phenoxy) is 2. The lowest BCUT2D eigenvalue weighted by Gasteiger charge is -2.28. The minimum absolute atomic E-state index is 0.00648. The van der Waals surface area contributed by atoms with Gasteiger partial charge in [-0.15, -0.1) is 0 Å². The summed E-state index contributed by atoms with van der Waals surface area (Å²) < 4.78 is 10.4. The summed E-state index contributed by atoms with van der Waals surface area (Å²) in [6.07, 6.45) is 0. The van der Waals surface area contributed by atoms with E-state index in [1.54, 1.807) is 7.11 Å². The fraction of sp³-hybridized carbons (Fsp3) is 0.538. The molecule has 0 bridgehead atoms. The standard InChI is InChI=1S/C13H21NO2/c1-13(2,3)12(14)10-7-5-6-8-11(10)16-9-15-4/h5-8,12H,9,14H2,1-4H3/t12-/m1/s1. The van der Waals surface area contributed by atoms with Crippen molar-refractivity contribution in [1.29, 1.82) is 0 Å². The lowest BCUT2D eigenvalue weighted by Crippen LogP contribution is -2.26. The predicted molar refractivity (Wildman–Crippen MR) is 65.3 cm³/mol. The molecule has 0 aromatic heterocycles. The molecule has 1 aromatic rings. The van der Waals surface area contributed by atoms with Gasteiger partial charge in [0.15, 0.2) is 6.79 Å². The van der Waals surface area contributed by atoms with E-state index in [1.165, 1.54) is 0 Å². The topological polar surface area (TPSA) is 44.5 Å². The average Bonchev–Trinajstić information content (AvgIpc) is 2.24. The molecule has 16 heavy (non-hydrogen) atoms. The SMILES string of the molecule is COCOc1ccccc1[C@@H](N)C(C)(C)C. The van der Waals surface area contributed by atoms with Crippen LogP contribution in [0.25, 0.3) is 0 Å². The van der Waals surface area contributed by atoms with Crippen molar-refractivity contribution < 1.29 is 9.47 Å². The molecule has 1 rings (SSSR count). The summed E-state index contributed by atoms with van der Waals surface area (Å²) in [5, 5.41) is 0. The van der Waals surface area contributed by atoms with Crippen molar-refractivity contribution in [3.63, 3.8) is 0 Å². The van der Waals surface area contributed by atoms with Crippen LogP contribution in [0.15, 0.2) is 24.3 Å². The highest BCUT2D eigenvalue weighted by atomic mass is 16.7. The van der Waals surface area contributed by atoms with Crippen molar-refractivity contribution in [2.75, 3.05) is 13.9 Å². The smallest absolute Gasteiger partial charge is 0.188 e. The van der Waals surface area contributed by atoms with Crippen LogP contribution < -0.4 is 10.5 Å². The number of methoxy groups -OCH3 is 1. The third kappa shape index (κ3) is 3.22. The summed E-state index contributed by atoms with van der Waals surface area (Å²) in [5.74, 6) is 0.798. The predicted octanol–water partition coefficient (Wildman–Crippen LogP) is 2.72. The molecule has 0 unspecified atom stereocenters. The van der Waals surface area contributed by atoms with Gasteiger partial charge in [0.1, 0.15) is 5.75 Å². The van der Waals surface area contributed by atoms with E-state index in [0.717, 1.165) is 11.3 Å². The molecule has 1 aromatic carbocycles. The van der Waals surface area contributed by atoms with Gasteiger partial charge in [0.2, 0.25) is 0 Å². The first-order valence-corrected chi connectivity index (χ1v) is 5.43. The molecule has 0 saturated carbocycles. The van der Waals surface area contributed by atoms with Gasteiger partial charge in [-0.25, -0.2) is 0 Å². The van der Waals surface area contributed by atoms with Crippen LogP contribution in [0.4, 0.5) is 0 Å². The molecule has 2 N–H and O–H groups in total. The molecule has 0 fully saturated rings. The molecule has 0 spiro atoms. The Bertz CT molecular complexity index is 331. The Morgan fingerprint density at radius 1 is 1.25 bits per heavy atom. The number of para-hydroxylation sites is 1. The third-order valence-electron chi connectivity index (χ3n) is 2.52. The fourth-order valence-corrected chi connectivity index (χ4v) is 1.46. The molecule has 3 heteroatoms. The first-order valence-electron chi connectivity index (χ1n) is 5.43. The van der Waals surface area contributed by atoms with E-state index in [0.29, 0.717) is 0 Å². The maximum absolute atomic E-state index is 6.22. The molecule has 0 aliphatic carbocycles. The second-order valence-electron chi connectivity index (χ2n) is 4.93. The van der Waals surface area contributed by atoms with E-state index in [-0.39, 0.29) is 18.2 Å². The summed E-state index contributed by atoms with van der Waals surface area (Å²) in [6.45, 7) is 6.59. The fourth-order valence-electron chi connectivity index (χ4n) is 1.46. The summed E-state index contributed by atoms with van der Waals surface area (Å²) in [4.78, 5) is 0. The van der Waals surface area contributed by atoms with Gasteiger partial charge in [0.25, 0.3) is 0 Å². The van der Waals surface area contributed by atoms with Crippen LogP contribution in [0.5, 0.6) is 5.75 Å². The van der Waals surface area contributed by atoms with E-state index in [9.17, 15) is 0 Å². The van der Waals surface area contributed by atoms with Crippen molar-refractivity contribution in [2.24, 2.45) is 11.1 Å². The molecular formula is C13H21NO2. The number of hydrogen-bond donors (Lipinski definition) is 1. The Morgan fingerprint density at radius 3 is 2.44 bits per heavy atom. The summed E-state index contributed by atoms with van der Waals surface area (Å²) >= 11 is 0. The van der Waals surface area contributed by atoms with Gasteiger partial charge in [0.05, 0.1) is 0 Å². The van der Waals surface area contributed by atoms with Crippen LogP contribution in [0.2, 0.25) is 0 Å². The van der Waals surface area contributed by atoms with Crippen LogP contribution in [0.1, 0.15) is 32.4 Å². The van der Waals surface area contributed by atoms with Gasteiger partial charge in [-0.05, 0) is 11.5 Å². The molecule has 0 saturated heterocycles. The summed E-state index contributed by atoms with van der Waals surface area (Å²) in [7, 11) is 1.60. The monoisotopic (exact) mass is 223 g/mol. The second kappa shape index (κ2) is 5.32. The maximum atomic E-state index is 6.22. The van der Waals surface area contributed by atoms with Crippen molar-refractivity contribution in [2.45, 2.75) is 26.8 Å². The van der Waals surface area contributed by atoms with Crippen LogP contribution in [-0.4, -0.2) is 13.9 Å². The Labute approximate surface area is 97.6 Å². The number of rotatable bonds is 4. The van der Waals surface area contributed by atoms with Gasteiger partial charge < -0.3 is 15.2 Å². The largest absolute Gasteiger partial charge is 0.467 e. The first-order chi connectivity index (χ1) is 7.46. The zero-order valence-corrected chi connectivity index (χ0v) is 10.5. The molecule has 90 valence electrons. The summed E-state index contributed by atoms with van der Waals surface area (Å²) in [6, 6.07) is 7.77. The van der Waals surface area contributed by atoms with Crippen molar-refractivity contribution in [3.05, 3.63) is 29.8 Å². The van der Waals surface area contributed by atoms with Crippen LogP contribution >= 0.6 is 0 Å². The quantitative estimate of drug-likeness (QED) is 0.798. The lowest BCUT2D eigenvalue weighted by molar-refractivity contribution is 0.0496. The second-order valence-corrected chi connectivity index (χ2v) is 4.93. The Morgan fingerprint density at radius 2 is 1.88 bits per heavy atom. The van der Waals surface area contributed by atoms with E-state index in [1.807, 2.05) is 24.3 Å². The van der Waals surface area contributed by atoms with E-state index >= 15 is 0 Å². The van der Waals surface area contributed by atoms with Gasteiger partial charge in [-0.1, -0.05) is 39.0 Å². The van der Waals surface area contributed by atoms with E-state index in [2.05, 4.69) is 20.8 Å². The Hall–Kier alpha value is -1.06. The molecule has 0 aliphatic heterocycles. The minimum Gasteiger partial charge on any atom is -0.467 e. The zero-order chi connectivity index (χ0) is 12.2. The molecule has 0 aliphatic rings. The molecular weight excluding hydrogens is 202 g/mol. The van der Waals surface area contributed by atoms with Crippen molar-refractivity contribution >= 4 is 0 Å². The molecule has 0 heterocycles. The first kappa shape index (κ1) is 13.0. The number of benzene rings is 1. The number of hydrogen-bond acceptors (Lipinski definition) is 3. The van der Waals surface area contributed by atoms with Crippen molar-refractivity contribution in [3.8, 4) is 5.75 Å². The van der Waals surface area contributed by atoms with Gasteiger partial charge in [0, 0.05) is 18.7 Å². The normalized spacial score (nSPS) is 13.6. The lowest BCUT2D eigenvalue weighted by atomic mass is 9.83. The van der Waals surface area contributed by atoms with E-state index in [4.69, 9.17) is 15.2 Å². The van der Waals surface area contributed by atoms with Crippen LogP contribution in [0.3, 0.4) is 0 Å². The highest BCUT2D eigenvalue weighted by molar-refractivity contribution is 5.36. The maximum Gasteiger partial charge on any atom is 0.188 e. The van der Waals surface area contributed by atoms with Gasteiger partial charge >= 0.3 is 0 Å². The highest BCUT2D eigenvalue weighted by Crippen LogP contribution is 2.35. The zero-order valence-electron chi connectivity index (χ0n) is 10.5. The van der Waals surface area contributed by atoms with Crippen LogP contribution in [-0.2, 0) is 4.74 Å². The highest BCUT2D eigenvalue weighted by Gasteiger charge is 2.24. The average molecular weight is 223 g/mol. The number of nitrogens with two attached hydrogens (primary N) is 1. The van der Waals surface area contributed by atoms with E-state index < -0.39 is 0 Å².